The molecule has 17 amide bonds. The van der Waals surface area contributed by atoms with Crippen LogP contribution in [0.2, 0.25) is 0 Å². The van der Waals surface area contributed by atoms with E-state index in [1.807, 2.05) is 0 Å². The van der Waals surface area contributed by atoms with Crippen molar-refractivity contribution in [1.82, 2.24) is 90.4 Å². The Hall–Kier alpha value is -12.0. The Bertz CT molecular complexity index is 3530. The van der Waals surface area contributed by atoms with Gasteiger partial charge in [-0.25, -0.2) is 4.79 Å². The predicted octanol–water partition coefficient (Wildman–Crippen LogP) is -15.0. The molecule has 0 aliphatic heterocycles. The second-order valence-electron chi connectivity index (χ2n) is 28.5. The number of unbranched alkanes of at least 4 members (excludes halogenated alkanes) is 4. The molecule has 41 N–H and O–H groups in total. The number of carbonyl (C=O) groups excluding carboxylic acids is 17. The van der Waals surface area contributed by atoms with Crippen LogP contribution in [0.5, 0.6) is 0 Å². The number of aliphatic imine (C=N–C) groups is 3. The highest BCUT2D eigenvalue weighted by Crippen LogP contribution is 2.11. The van der Waals surface area contributed by atoms with Gasteiger partial charge in [0.2, 0.25) is 100 Å². The highest BCUT2D eigenvalue weighted by molar-refractivity contribution is 6.00. The average molecular weight is 1760 g/mol. The summed E-state index contributed by atoms with van der Waals surface area (Å²) in [6.07, 6.45) is 0.400. The third-order valence-corrected chi connectivity index (χ3v) is 17.8. The van der Waals surface area contributed by atoms with Crippen molar-refractivity contribution < 1.29 is 107 Å². The Morgan fingerprint density at radius 2 is 0.602 bits per heavy atom. The van der Waals surface area contributed by atoms with E-state index in [0.717, 1.165) is 6.92 Å². The first-order chi connectivity index (χ1) is 58.0. The van der Waals surface area contributed by atoms with E-state index < -0.39 is 225 Å². The molecule has 698 valence electrons. The molecule has 123 heavy (non-hydrogen) atoms. The molecule has 0 aliphatic carbocycles. The number of nitrogens with zero attached hydrogens (tertiary/aromatic N) is 3. The number of nitrogens with two attached hydrogens (primary N) is 10. The number of hydrogen-bond acceptors (Lipinski definition) is 28. The van der Waals surface area contributed by atoms with Gasteiger partial charge in [0.25, 0.3) is 0 Å². The van der Waals surface area contributed by atoms with Crippen molar-refractivity contribution in [3.63, 3.8) is 0 Å². The molecule has 0 saturated carbocycles. The van der Waals surface area contributed by atoms with Crippen LogP contribution in [0.4, 0.5) is 0 Å². The van der Waals surface area contributed by atoms with Crippen molar-refractivity contribution in [3.05, 3.63) is 0 Å². The number of aliphatic carboxylic acids is 1. The van der Waals surface area contributed by atoms with Crippen LogP contribution in [-0.2, 0) is 86.3 Å². The van der Waals surface area contributed by atoms with E-state index in [4.69, 9.17) is 62.4 Å². The van der Waals surface area contributed by atoms with Crippen LogP contribution in [-0.4, -0.2) is 315 Å². The standard InChI is InChI=1S/C71H132N30O22/c1-37(58(112)98-48(22-15-29-84-70(78)79)63(117)92-38(2)56(110)96-46(18-7-11-25-73)62(116)91-39(3)57(111)97-47(19-8-12-26-74)64(118)100-50(36-103)66(120)99-49(68(122)123)23-16-30-85-71(80)81)90-61(115)44(17-6-10-24-72)94-52(107)32-86-51(106)31-89-67(121)55(40(4)104)101-65(119)45(20-9-13-27-82-41(5)105)95-54(109)34-88-60(114)43(21-14-28-83-69(76)77)93-53(108)33-87-59(113)42(75)35-102/h37-40,42-50,55,102-104H,6-36,72-75H2,1-5H3,(H,82,105)(H,86,106)(H,87,113)(H,88,114)(H,89,121)(H,90,115)(H,91,116)(H,92,117)(H,93,108)(H,94,107)(H,95,109)(H,96,110)(H,97,111)(H,98,112)(H,99,120)(H,100,118)(H,101,119)(H,122,123)(H4,76,77,83)(H4,78,79,84)(H4,80,81,85)/t37-,38-,39-,40+,42-,43-,44-,45-,46-,47-,48-,49-,50-,55-/m0/s1. The second kappa shape index (κ2) is 63.0. The first-order valence-electron chi connectivity index (χ1n) is 40.2. The van der Waals surface area contributed by atoms with Gasteiger partial charge in [-0.1, -0.05) is 0 Å². The number of rotatable bonds is 65. The molecule has 0 fully saturated rings. The number of aliphatic hydroxyl groups is 3. The number of guanidine groups is 3. The van der Waals surface area contributed by atoms with Gasteiger partial charge in [-0.05, 0) is 163 Å². The molecule has 0 aliphatic rings. The summed E-state index contributed by atoms with van der Waals surface area (Å²) < 4.78 is 0. The summed E-state index contributed by atoms with van der Waals surface area (Å²) in [6.45, 7) is 2.10. The number of carboxylic acids is 1. The third-order valence-electron chi connectivity index (χ3n) is 17.8. The zero-order chi connectivity index (χ0) is 93.3. The lowest BCUT2D eigenvalue weighted by Crippen LogP contribution is -2.60. The number of carbonyl (C=O) groups is 18. The minimum Gasteiger partial charge on any atom is -0.480 e. The van der Waals surface area contributed by atoms with E-state index in [9.17, 15) is 102 Å². The summed E-state index contributed by atoms with van der Waals surface area (Å²) in [7, 11) is 0. The minimum absolute atomic E-state index is 0.0255. The van der Waals surface area contributed by atoms with E-state index in [1.54, 1.807) is 0 Å². The third kappa shape index (κ3) is 50.1. The molecular weight excluding hydrogens is 1620 g/mol. The Labute approximate surface area is 711 Å². The molecule has 0 aromatic carbocycles. The van der Waals surface area contributed by atoms with Gasteiger partial charge in [-0.15, -0.1) is 0 Å². The quantitative estimate of drug-likeness (QED) is 0.0153. The lowest BCUT2D eigenvalue weighted by molar-refractivity contribution is -0.143. The van der Waals surface area contributed by atoms with Crippen molar-refractivity contribution >= 4 is 124 Å². The van der Waals surface area contributed by atoms with Crippen LogP contribution in [0.1, 0.15) is 150 Å². The number of aliphatic hydroxyl groups excluding tert-OH is 3. The van der Waals surface area contributed by atoms with Gasteiger partial charge in [0.1, 0.15) is 78.5 Å². The summed E-state index contributed by atoms with van der Waals surface area (Å²) in [5.74, 6) is -17.8. The van der Waals surface area contributed by atoms with Gasteiger partial charge in [0.05, 0.1) is 45.5 Å². The highest BCUT2D eigenvalue weighted by atomic mass is 16.4. The summed E-state index contributed by atoms with van der Waals surface area (Å²) in [5, 5.41) is 80.4. The lowest BCUT2D eigenvalue weighted by atomic mass is 10.1. The van der Waals surface area contributed by atoms with Crippen molar-refractivity contribution in [1.29, 1.82) is 0 Å². The average Bonchev–Trinajstić information content (AvgIpc) is 0.858. The lowest BCUT2D eigenvalue weighted by Gasteiger charge is -2.26. The maximum absolute atomic E-state index is 14.1. The summed E-state index contributed by atoms with van der Waals surface area (Å²) in [5.41, 5.74) is 55.0. The fourth-order valence-corrected chi connectivity index (χ4v) is 11.0. The maximum atomic E-state index is 14.1. The summed E-state index contributed by atoms with van der Waals surface area (Å²) in [4.78, 5) is 251. The number of carboxylic acid groups (broad SMARTS) is 1. The van der Waals surface area contributed by atoms with Crippen LogP contribution in [0.15, 0.2) is 15.0 Å². The van der Waals surface area contributed by atoms with Gasteiger partial charge >= 0.3 is 5.97 Å². The smallest absolute Gasteiger partial charge is 0.326 e. The van der Waals surface area contributed by atoms with E-state index in [-0.39, 0.29) is 166 Å². The molecule has 0 radical (unpaired) electrons. The minimum atomic E-state index is -1.79. The normalized spacial score (nSPS) is 14.2. The molecule has 14 atom stereocenters. The van der Waals surface area contributed by atoms with Gasteiger partial charge in [-0.2, -0.15) is 0 Å². The highest BCUT2D eigenvalue weighted by Gasteiger charge is 2.36. The number of amides is 17. The molecule has 0 spiro atoms. The van der Waals surface area contributed by atoms with Crippen LogP contribution in [0.3, 0.4) is 0 Å². The molecular formula is C71H132N30O22. The summed E-state index contributed by atoms with van der Waals surface area (Å²) >= 11 is 0. The second-order valence-corrected chi connectivity index (χ2v) is 28.5. The molecule has 0 heterocycles. The topological polar surface area (TPSA) is 890 Å². The molecule has 0 aromatic heterocycles. The Morgan fingerprint density at radius 1 is 0.309 bits per heavy atom. The molecule has 0 aromatic rings. The zero-order valence-electron chi connectivity index (χ0n) is 70.3. The first-order valence-corrected chi connectivity index (χ1v) is 40.2. The van der Waals surface area contributed by atoms with Crippen molar-refractivity contribution in [2.75, 3.05) is 85.2 Å². The number of nitrogens with one attached hydrogen (secondary N) is 17. The van der Waals surface area contributed by atoms with Crippen molar-refractivity contribution in [2.24, 2.45) is 72.3 Å². The van der Waals surface area contributed by atoms with Crippen LogP contribution < -0.4 is 148 Å². The van der Waals surface area contributed by atoms with E-state index in [1.165, 1.54) is 27.7 Å². The van der Waals surface area contributed by atoms with Crippen LogP contribution >= 0.6 is 0 Å². The summed E-state index contributed by atoms with van der Waals surface area (Å²) in [6, 6.07) is -19.0. The van der Waals surface area contributed by atoms with Crippen LogP contribution in [0, 0.1) is 0 Å². The molecule has 0 saturated heterocycles. The zero-order valence-corrected chi connectivity index (χ0v) is 70.3. The monoisotopic (exact) mass is 1760 g/mol. The van der Waals surface area contributed by atoms with E-state index >= 15 is 0 Å². The van der Waals surface area contributed by atoms with Crippen LogP contribution in [0.25, 0.3) is 0 Å². The van der Waals surface area contributed by atoms with E-state index in [2.05, 4.69) is 105 Å². The molecule has 0 unspecified atom stereocenters. The fourth-order valence-electron chi connectivity index (χ4n) is 11.0. The molecule has 0 bridgehead atoms. The first kappa shape index (κ1) is 111. The molecule has 0 rings (SSSR count). The number of hydrogen-bond donors (Lipinski definition) is 31. The SMILES string of the molecule is CC(=O)NCCCC[C@H](NC(=O)CNC(=O)[C@H](CCCN=C(N)N)NC(=O)CNC(=O)[C@@H](N)CO)C(=O)N[C@H](C(=O)NCC(=O)NCC(=O)N[C@@H](CCCCN)C(=O)N[C@@H](C)C(=O)N[C@@H](CCCN=C(N)N)C(=O)N[C@@H](C)C(=O)N[C@@H](CCCCN)C(=O)N[C@@H](C)C(=O)N[C@@H](CCCCN)C(=O)N[C@@H](CO)C(=O)N[C@@H](CCCN=C(N)N)C(=O)O)[C@@H](C)O. The molecule has 52 nitrogen and oxygen atoms in total. The largest absolute Gasteiger partial charge is 0.480 e. The Kier molecular flexibility index (Phi) is 56.9. The van der Waals surface area contributed by atoms with Gasteiger partial charge < -0.3 is 168 Å². The Balaban J connectivity index is 6.35. The maximum Gasteiger partial charge on any atom is 0.326 e. The van der Waals surface area contributed by atoms with Gasteiger partial charge in [0, 0.05) is 33.1 Å². The molecule has 52 heteroatoms. The van der Waals surface area contributed by atoms with Gasteiger partial charge in [-0.3, -0.25) is 96.5 Å². The van der Waals surface area contributed by atoms with Crippen molar-refractivity contribution in [3.8, 4) is 0 Å². The Morgan fingerprint density at radius 3 is 0.951 bits per heavy atom. The van der Waals surface area contributed by atoms with E-state index in [0.29, 0.717) is 19.3 Å². The predicted molar refractivity (Wildman–Crippen MR) is 445 cm³/mol. The fraction of sp³-hybridized carbons (Fsp3) is 0.704. The van der Waals surface area contributed by atoms with Crippen molar-refractivity contribution in [2.45, 2.75) is 235 Å². The van der Waals surface area contributed by atoms with Gasteiger partial charge in [0.15, 0.2) is 17.9 Å².